The molecular weight excluding hydrogens is 212 g/mol. The van der Waals surface area contributed by atoms with Crippen molar-refractivity contribution in [3.8, 4) is 0 Å². The number of sulfonamides is 1. The molecule has 0 spiro atoms. The zero-order valence-corrected chi connectivity index (χ0v) is 8.60. The van der Waals surface area contributed by atoms with E-state index in [0.29, 0.717) is 9.88 Å². The fourth-order valence-corrected chi connectivity index (χ4v) is 2.56. The summed E-state index contributed by atoms with van der Waals surface area (Å²) in [6.07, 6.45) is 0.835. The van der Waals surface area contributed by atoms with Crippen molar-refractivity contribution < 1.29 is 13.5 Å². The largest absolute Gasteiger partial charge is 0.388 e. The highest BCUT2D eigenvalue weighted by Gasteiger charge is 2.11. The molecule has 1 aromatic heterocycles. The number of rotatable bonds is 3. The molecule has 1 rings (SSSR count). The lowest BCUT2D eigenvalue weighted by atomic mass is 10.4. The van der Waals surface area contributed by atoms with Crippen LogP contribution in [0.3, 0.4) is 0 Å². The highest BCUT2D eigenvalue weighted by Crippen LogP contribution is 2.20. The summed E-state index contributed by atoms with van der Waals surface area (Å²) < 4.78 is 21.3. The second-order valence-corrected chi connectivity index (χ2v) is 5.40. The molecule has 0 amide bonds. The molecule has 0 fully saturated rings. The van der Waals surface area contributed by atoms with E-state index in [2.05, 4.69) is 4.98 Å². The summed E-state index contributed by atoms with van der Waals surface area (Å²) >= 11 is 1.15. The summed E-state index contributed by atoms with van der Waals surface area (Å²) in [6, 6.07) is 0. The Morgan fingerprint density at radius 2 is 2.38 bits per heavy atom. The van der Waals surface area contributed by atoms with Gasteiger partial charge in [-0.25, -0.2) is 18.5 Å². The van der Waals surface area contributed by atoms with Gasteiger partial charge in [0.25, 0.3) is 0 Å². The number of hydrogen-bond acceptors (Lipinski definition) is 5. The van der Waals surface area contributed by atoms with E-state index in [1.807, 2.05) is 0 Å². The number of aliphatic hydroxyl groups is 1. The van der Waals surface area contributed by atoms with Crippen LogP contribution in [0.5, 0.6) is 0 Å². The predicted octanol–water partition coefficient (Wildman–Crippen LogP) is -0.0151. The summed E-state index contributed by atoms with van der Waals surface area (Å²) in [5.41, 5.74) is 0. The smallest absolute Gasteiger partial charge is 0.215 e. The van der Waals surface area contributed by atoms with E-state index < -0.39 is 16.1 Å². The maximum Gasteiger partial charge on any atom is 0.215 e. The Morgan fingerprint density at radius 1 is 1.77 bits per heavy atom. The number of aromatic nitrogens is 1. The number of primary sulfonamides is 1. The van der Waals surface area contributed by atoms with Crippen LogP contribution in [-0.4, -0.2) is 18.5 Å². The zero-order chi connectivity index (χ0) is 10.1. The van der Waals surface area contributed by atoms with Crippen molar-refractivity contribution in [3.05, 3.63) is 16.1 Å². The fraction of sp³-hybridized carbons (Fsp3) is 0.500. The van der Waals surface area contributed by atoms with Crippen LogP contribution in [-0.2, 0) is 15.8 Å². The maximum atomic E-state index is 10.7. The highest BCUT2D eigenvalue weighted by molar-refractivity contribution is 7.88. The molecule has 0 aromatic carbocycles. The molecule has 0 saturated carbocycles. The van der Waals surface area contributed by atoms with Gasteiger partial charge in [-0.3, -0.25) is 0 Å². The molecule has 3 N–H and O–H groups in total. The van der Waals surface area contributed by atoms with Gasteiger partial charge in [-0.15, -0.1) is 11.3 Å². The van der Waals surface area contributed by atoms with E-state index >= 15 is 0 Å². The summed E-state index contributed by atoms with van der Waals surface area (Å²) in [7, 11) is -3.52. The SMILES string of the molecule is CC(O)c1cnc(CS(N)(=O)=O)s1. The van der Waals surface area contributed by atoms with E-state index in [1.54, 1.807) is 6.92 Å². The first-order valence-corrected chi connectivity index (χ1v) is 6.05. The van der Waals surface area contributed by atoms with Crippen LogP contribution in [0.2, 0.25) is 0 Å². The lowest BCUT2D eigenvalue weighted by Gasteiger charge is -1.95. The molecule has 0 bridgehead atoms. The standard InChI is InChI=1S/C6H10N2O3S2/c1-4(9)5-2-8-6(12-5)3-13(7,10)11/h2,4,9H,3H2,1H3,(H2,7,10,11). The molecule has 74 valence electrons. The van der Waals surface area contributed by atoms with Crippen molar-refractivity contribution in [1.29, 1.82) is 0 Å². The molecule has 13 heavy (non-hydrogen) atoms. The maximum absolute atomic E-state index is 10.7. The average molecular weight is 222 g/mol. The molecule has 7 heteroatoms. The first kappa shape index (κ1) is 10.6. The molecule has 1 atom stereocenters. The summed E-state index contributed by atoms with van der Waals surface area (Å²) in [5.74, 6) is -0.273. The quantitative estimate of drug-likeness (QED) is 0.752. The van der Waals surface area contributed by atoms with Gasteiger partial charge in [0.1, 0.15) is 10.8 Å². The third-order valence-corrected chi connectivity index (χ3v) is 3.33. The normalized spacial score (nSPS) is 14.4. The van der Waals surface area contributed by atoms with Gasteiger partial charge < -0.3 is 5.11 Å². The van der Waals surface area contributed by atoms with E-state index in [9.17, 15) is 8.42 Å². The van der Waals surface area contributed by atoms with Crippen LogP contribution in [0.1, 0.15) is 22.9 Å². The van der Waals surface area contributed by atoms with Crippen LogP contribution >= 0.6 is 11.3 Å². The lowest BCUT2D eigenvalue weighted by molar-refractivity contribution is 0.203. The lowest BCUT2D eigenvalue weighted by Crippen LogP contribution is -2.14. The van der Waals surface area contributed by atoms with Crippen molar-refractivity contribution in [1.82, 2.24) is 4.98 Å². The van der Waals surface area contributed by atoms with Crippen molar-refractivity contribution in [2.24, 2.45) is 5.14 Å². The van der Waals surface area contributed by atoms with E-state index in [0.717, 1.165) is 11.3 Å². The van der Waals surface area contributed by atoms with Gasteiger partial charge >= 0.3 is 0 Å². The number of aliphatic hydroxyl groups excluding tert-OH is 1. The van der Waals surface area contributed by atoms with Gasteiger partial charge in [0, 0.05) is 6.20 Å². The highest BCUT2D eigenvalue weighted by atomic mass is 32.2. The minimum atomic E-state index is -3.52. The molecule has 1 heterocycles. The topological polar surface area (TPSA) is 93.3 Å². The molecule has 1 aromatic rings. The van der Waals surface area contributed by atoms with Crippen LogP contribution in [0.4, 0.5) is 0 Å². The van der Waals surface area contributed by atoms with E-state index in [4.69, 9.17) is 10.2 Å². The summed E-state index contributed by atoms with van der Waals surface area (Å²) in [4.78, 5) is 4.46. The first-order valence-electron chi connectivity index (χ1n) is 3.51. The second-order valence-electron chi connectivity index (χ2n) is 2.64. The Morgan fingerprint density at radius 3 is 2.77 bits per heavy atom. The molecule has 1 unspecified atom stereocenters. The number of nitrogens with two attached hydrogens (primary N) is 1. The number of hydrogen-bond donors (Lipinski definition) is 2. The molecule has 0 radical (unpaired) electrons. The molecule has 0 aliphatic heterocycles. The molecule has 5 nitrogen and oxygen atoms in total. The van der Waals surface area contributed by atoms with Gasteiger partial charge in [-0.2, -0.15) is 0 Å². The fourth-order valence-electron chi connectivity index (χ4n) is 0.756. The molecule has 0 aliphatic rings. The van der Waals surface area contributed by atoms with Crippen LogP contribution < -0.4 is 5.14 Å². The number of thiazole rings is 1. The van der Waals surface area contributed by atoms with E-state index in [1.165, 1.54) is 6.20 Å². The monoisotopic (exact) mass is 222 g/mol. The number of nitrogens with zero attached hydrogens (tertiary/aromatic N) is 1. The predicted molar refractivity (Wildman–Crippen MR) is 49.6 cm³/mol. The Balaban J connectivity index is 2.81. The Kier molecular flexibility index (Phi) is 3.01. The van der Waals surface area contributed by atoms with Gasteiger partial charge in [0.05, 0.1) is 11.0 Å². The molecule has 0 aliphatic carbocycles. The van der Waals surface area contributed by atoms with E-state index in [-0.39, 0.29) is 5.75 Å². The van der Waals surface area contributed by atoms with Crippen molar-refractivity contribution in [2.45, 2.75) is 18.8 Å². The summed E-state index contributed by atoms with van der Waals surface area (Å²) in [6.45, 7) is 1.59. The third-order valence-electron chi connectivity index (χ3n) is 1.31. The molecular formula is C6H10N2O3S2. The Bertz CT molecular complexity index is 382. The van der Waals surface area contributed by atoms with Crippen LogP contribution in [0, 0.1) is 0 Å². The van der Waals surface area contributed by atoms with Gasteiger partial charge in [0.2, 0.25) is 10.0 Å². The Labute approximate surface area is 80.3 Å². The minimum Gasteiger partial charge on any atom is -0.388 e. The Hall–Kier alpha value is -0.500. The van der Waals surface area contributed by atoms with Crippen molar-refractivity contribution in [2.75, 3.05) is 0 Å². The molecule has 0 saturated heterocycles. The average Bonchev–Trinajstić information content (AvgIpc) is 2.31. The van der Waals surface area contributed by atoms with Gasteiger partial charge in [0.15, 0.2) is 0 Å². The van der Waals surface area contributed by atoms with Crippen molar-refractivity contribution in [3.63, 3.8) is 0 Å². The van der Waals surface area contributed by atoms with Gasteiger partial charge in [-0.05, 0) is 6.92 Å². The summed E-state index contributed by atoms with van der Waals surface area (Å²) in [5, 5.41) is 14.4. The minimum absolute atomic E-state index is 0.273. The third kappa shape index (κ3) is 3.39. The first-order chi connectivity index (χ1) is 5.88. The van der Waals surface area contributed by atoms with Crippen LogP contribution in [0.15, 0.2) is 6.20 Å². The van der Waals surface area contributed by atoms with Gasteiger partial charge in [-0.1, -0.05) is 0 Å². The van der Waals surface area contributed by atoms with Crippen molar-refractivity contribution >= 4 is 21.4 Å². The zero-order valence-electron chi connectivity index (χ0n) is 6.97. The second kappa shape index (κ2) is 3.70. The van der Waals surface area contributed by atoms with Crippen LogP contribution in [0.25, 0.3) is 0 Å².